The summed E-state index contributed by atoms with van der Waals surface area (Å²) in [6, 6.07) is 3.46. The van der Waals surface area contributed by atoms with Crippen molar-refractivity contribution in [2.45, 2.75) is 31.4 Å². The van der Waals surface area contributed by atoms with E-state index in [0.717, 1.165) is 12.1 Å². The molecule has 0 spiro atoms. The molecule has 1 heterocycles. The molecule has 1 atom stereocenters. The molecular weight excluding hydrogens is 307 g/mol. The summed E-state index contributed by atoms with van der Waals surface area (Å²) in [6.07, 6.45) is -2.98. The summed E-state index contributed by atoms with van der Waals surface area (Å²) in [6.45, 7) is 2.74. The zero-order valence-corrected chi connectivity index (χ0v) is 12.4. The highest BCUT2D eigenvalue weighted by molar-refractivity contribution is 5.89. The quantitative estimate of drug-likeness (QED) is 0.821. The molecule has 1 aromatic rings. The molecule has 1 unspecified atom stereocenters. The lowest BCUT2D eigenvalue weighted by molar-refractivity contribution is -0.0662. The van der Waals surface area contributed by atoms with E-state index in [9.17, 15) is 13.2 Å². The fourth-order valence-corrected chi connectivity index (χ4v) is 1.99. The van der Waals surface area contributed by atoms with Gasteiger partial charge in [-0.3, -0.25) is 0 Å². The van der Waals surface area contributed by atoms with Gasteiger partial charge in [-0.2, -0.15) is 0 Å². The highest BCUT2D eigenvalue weighted by Crippen LogP contribution is 2.39. The van der Waals surface area contributed by atoms with Crippen LogP contribution in [0.15, 0.2) is 23.2 Å². The largest absolute Gasteiger partial charge is 0.399 e. The number of rotatable bonds is 2. The van der Waals surface area contributed by atoms with Crippen molar-refractivity contribution in [3.05, 3.63) is 29.6 Å². The molecule has 0 amide bonds. The van der Waals surface area contributed by atoms with Crippen LogP contribution in [0.3, 0.4) is 0 Å². The number of halogens is 4. The molecule has 1 aliphatic rings. The minimum absolute atomic E-state index is 0. The van der Waals surface area contributed by atoms with Gasteiger partial charge in [0.2, 0.25) is 0 Å². The van der Waals surface area contributed by atoms with Gasteiger partial charge in [-0.05, 0) is 32.0 Å². The van der Waals surface area contributed by atoms with Crippen molar-refractivity contribution in [1.82, 2.24) is 0 Å². The normalized spacial score (nSPS) is 24.4. The first kappa shape index (κ1) is 17.6. The zero-order valence-electron chi connectivity index (χ0n) is 11.6. The second-order valence-electron chi connectivity index (χ2n) is 5.26. The Balaban J connectivity index is 0.00000220. The van der Waals surface area contributed by atoms with E-state index in [0.29, 0.717) is 0 Å². The molecule has 1 aromatic carbocycles. The molecule has 0 saturated heterocycles. The minimum atomic E-state index is -2.98. The van der Waals surface area contributed by atoms with Gasteiger partial charge in [-0.25, -0.2) is 18.2 Å². The Hall–Kier alpha value is -1.47. The second kappa shape index (κ2) is 5.73. The smallest absolute Gasteiger partial charge is 0.269 e. The van der Waals surface area contributed by atoms with E-state index >= 15 is 0 Å². The number of hydrogen-bond donors (Lipinski definition) is 2. The summed E-state index contributed by atoms with van der Waals surface area (Å²) >= 11 is 0. The first-order chi connectivity index (χ1) is 9.19. The van der Waals surface area contributed by atoms with E-state index in [1.165, 1.54) is 6.07 Å². The fourth-order valence-electron chi connectivity index (χ4n) is 1.99. The van der Waals surface area contributed by atoms with Crippen LogP contribution < -0.4 is 11.5 Å². The average Bonchev–Trinajstić information content (AvgIpc) is 2.36. The second-order valence-corrected chi connectivity index (χ2v) is 5.26. The molecular formula is C13H17ClF3N3O. The lowest BCUT2D eigenvalue weighted by Crippen LogP contribution is -2.53. The standard InChI is InChI=1S/C13H16F3N3O.ClH/c1-12(2)11(18)19-13(6-20-12,10(15)16)8-5-7(17)3-4-9(8)14;/h3-5,10H,6,17H2,1-2H3,(H2,18,19);1H. The van der Waals surface area contributed by atoms with Crippen molar-refractivity contribution in [3.8, 4) is 0 Å². The Morgan fingerprint density at radius 2 is 1.90 bits per heavy atom. The van der Waals surface area contributed by atoms with Crippen LogP contribution in [0.5, 0.6) is 0 Å². The third-order valence-electron chi connectivity index (χ3n) is 3.41. The predicted octanol–water partition coefficient (Wildman–Crippen LogP) is 2.46. The third kappa shape index (κ3) is 2.94. The topological polar surface area (TPSA) is 73.6 Å². The van der Waals surface area contributed by atoms with Gasteiger partial charge in [0.05, 0.1) is 6.61 Å². The molecule has 118 valence electrons. The summed E-state index contributed by atoms with van der Waals surface area (Å²) in [4.78, 5) is 3.86. The molecule has 0 fully saturated rings. The third-order valence-corrected chi connectivity index (χ3v) is 3.41. The predicted molar refractivity (Wildman–Crippen MR) is 77.4 cm³/mol. The molecule has 0 aromatic heterocycles. The number of hydrogen-bond acceptors (Lipinski definition) is 4. The van der Waals surface area contributed by atoms with Crippen LogP contribution in [-0.4, -0.2) is 24.5 Å². The van der Waals surface area contributed by atoms with Crippen LogP contribution in [-0.2, 0) is 10.3 Å². The van der Waals surface area contributed by atoms with Crippen molar-refractivity contribution in [3.63, 3.8) is 0 Å². The van der Waals surface area contributed by atoms with Crippen molar-refractivity contribution >= 4 is 23.9 Å². The zero-order chi connectivity index (χ0) is 15.1. The highest BCUT2D eigenvalue weighted by Gasteiger charge is 2.49. The highest BCUT2D eigenvalue weighted by atomic mass is 35.5. The number of amidine groups is 1. The Bertz CT molecular complexity index is 566. The van der Waals surface area contributed by atoms with Crippen molar-refractivity contribution in [2.75, 3.05) is 12.3 Å². The van der Waals surface area contributed by atoms with Crippen molar-refractivity contribution < 1.29 is 17.9 Å². The maximum absolute atomic E-state index is 13.9. The van der Waals surface area contributed by atoms with Crippen molar-refractivity contribution in [1.29, 1.82) is 0 Å². The SMILES string of the molecule is CC1(C)OCC(c2cc(N)ccc2F)(C(F)F)N=C1N.Cl. The van der Waals surface area contributed by atoms with E-state index in [2.05, 4.69) is 4.99 Å². The van der Waals surface area contributed by atoms with Crippen LogP contribution in [0, 0.1) is 5.82 Å². The molecule has 0 saturated carbocycles. The number of anilines is 1. The number of nitrogens with zero attached hydrogens (tertiary/aromatic N) is 1. The maximum atomic E-state index is 13.9. The van der Waals surface area contributed by atoms with Crippen LogP contribution in [0.4, 0.5) is 18.9 Å². The maximum Gasteiger partial charge on any atom is 0.269 e. The monoisotopic (exact) mass is 323 g/mol. The minimum Gasteiger partial charge on any atom is -0.399 e. The lowest BCUT2D eigenvalue weighted by Gasteiger charge is -2.39. The first-order valence-corrected chi connectivity index (χ1v) is 6.02. The van der Waals surface area contributed by atoms with Gasteiger partial charge in [0.15, 0.2) is 5.54 Å². The lowest BCUT2D eigenvalue weighted by atomic mass is 9.88. The molecule has 1 aliphatic heterocycles. The average molecular weight is 324 g/mol. The van der Waals surface area contributed by atoms with E-state index in [1.54, 1.807) is 13.8 Å². The van der Waals surface area contributed by atoms with Gasteiger partial charge in [0.25, 0.3) is 6.43 Å². The Morgan fingerprint density at radius 3 is 2.43 bits per heavy atom. The van der Waals surface area contributed by atoms with Gasteiger partial charge in [-0.15, -0.1) is 12.4 Å². The molecule has 21 heavy (non-hydrogen) atoms. The number of ether oxygens (including phenoxy) is 1. The van der Waals surface area contributed by atoms with Crippen LogP contribution >= 0.6 is 12.4 Å². The van der Waals surface area contributed by atoms with Crippen molar-refractivity contribution in [2.24, 2.45) is 10.7 Å². The number of nitrogen functional groups attached to an aromatic ring is 1. The Kier molecular flexibility index (Phi) is 4.80. The molecule has 4 N–H and O–H groups in total. The van der Waals surface area contributed by atoms with E-state index in [4.69, 9.17) is 16.2 Å². The van der Waals surface area contributed by atoms with E-state index < -0.39 is 30.0 Å². The Morgan fingerprint density at radius 1 is 1.29 bits per heavy atom. The molecule has 0 radical (unpaired) electrons. The molecule has 0 bridgehead atoms. The fraction of sp³-hybridized carbons (Fsp3) is 0.462. The van der Waals surface area contributed by atoms with Gasteiger partial charge >= 0.3 is 0 Å². The summed E-state index contributed by atoms with van der Waals surface area (Å²) in [5.41, 5.74) is 7.96. The molecule has 8 heteroatoms. The number of aliphatic imine (C=N–C) groups is 1. The van der Waals surface area contributed by atoms with Gasteiger partial charge in [-0.1, -0.05) is 0 Å². The summed E-state index contributed by atoms with van der Waals surface area (Å²) in [7, 11) is 0. The molecule has 2 rings (SSSR count). The van der Waals surface area contributed by atoms with Gasteiger partial charge in [0.1, 0.15) is 17.3 Å². The van der Waals surface area contributed by atoms with Gasteiger partial charge in [0, 0.05) is 11.3 Å². The van der Waals surface area contributed by atoms with E-state index in [-0.39, 0.29) is 29.5 Å². The van der Waals surface area contributed by atoms with Crippen LogP contribution in [0.1, 0.15) is 19.4 Å². The summed E-state index contributed by atoms with van der Waals surface area (Å²) in [5, 5.41) is 0. The number of nitrogens with two attached hydrogens (primary N) is 2. The molecule has 4 nitrogen and oxygen atoms in total. The first-order valence-electron chi connectivity index (χ1n) is 6.02. The van der Waals surface area contributed by atoms with Gasteiger partial charge < -0.3 is 16.2 Å². The number of alkyl halides is 2. The van der Waals surface area contributed by atoms with E-state index in [1.807, 2.05) is 0 Å². The molecule has 0 aliphatic carbocycles. The summed E-state index contributed by atoms with van der Waals surface area (Å²) < 4.78 is 46.4. The Labute approximate surface area is 126 Å². The van der Waals surface area contributed by atoms with Crippen LogP contribution in [0.2, 0.25) is 0 Å². The summed E-state index contributed by atoms with van der Waals surface area (Å²) in [5.74, 6) is -0.926. The van der Waals surface area contributed by atoms with Crippen LogP contribution in [0.25, 0.3) is 0 Å². The number of benzene rings is 1.